The van der Waals surface area contributed by atoms with Crippen LogP contribution in [0.5, 0.6) is 0 Å². The Kier molecular flexibility index (Phi) is 3.76. The van der Waals surface area contributed by atoms with Crippen molar-refractivity contribution in [3.05, 3.63) is 34.9 Å². The maximum atomic E-state index is 6.02. The summed E-state index contributed by atoms with van der Waals surface area (Å²) in [6.45, 7) is 6.06. The van der Waals surface area contributed by atoms with E-state index in [0.29, 0.717) is 0 Å². The minimum absolute atomic E-state index is 0.0636. The summed E-state index contributed by atoms with van der Waals surface area (Å²) >= 11 is 6.02. The summed E-state index contributed by atoms with van der Waals surface area (Å²) in [7, 11) is 0. The molecule has 1 aromatic carbocycles. The van der Waals surface area contributed by atoms with E-state index in [9.17, 15) is 0 Å². The molecular weight excluding hydrogens is 184 g/mol. The van der Waals surface area contributed by atoms with Gasteiger partial charge >= 0.3 is 0 Å². The summed E-state index contributed by atoms with van der Waals surface area (Å²) in [5, 5.41) is 0.774. The standard InChI is InChI=1S/C11H15ClO/c1-8(2)13-9(3)10-6-4-5-7-11(10)12/h4-9H,1-3H3. The zero-order chi connectivity index (χ0) is 9.84. The molecular formula is C11H15ClO. The van der Waals surface area contributed by atoms with Crippen molar-refractivity contribution in [3.8, 4) is 0 Å². The lowest BCUT2D eigenvalue weighted by molar-refractivity contribution is 0.0179. The molecule has 2 heteroatoms. The lowest BCUT2D eigenvalue weighted by Gasteiger charge is -2.17. The van der Waals surface area contributed by atoms with Crippen LogP contribution in [0.2, 0.25) is 5.02 Å². The fourth-order valence-corrected chi connectivity index (χ4v) is 1.58. The molecule has 0 saturated carbocycles. The van der Waals surface area contributed by atoms with Gasteiger partial charge in [-0.05, 0) is 32.4 Å². The van der Waals surface area contributed by atoms with Crippen molar-refractivity contribution in [3.63, 3.8) is 0 Å². The van der Waals surface area contributed by atoms with E-state index in [4.69, 9.17) is 16.3 Å². The first-order valence-corrected chi connectivity index (χ1v) is 4.89. The maximum Gasteiger partial charge on any atom is 0.0814 e. The first-order valence-electron chi connectivity index (χ1n) is 4.51. The molecule has 1 nitrogen and oxygen atoms in total. The SMILES string of the molecule is CC(C)OC(C)c1ccccc1Cl. The highest BCUT2D eigenvalue weighted by Gasteiger charge is 2.10. The van der Waals surface area contributed by atoms with Gasteiger partial charge < -0.3 is 4.74 Å². The second-order valence-electron chi connectivity index (χ2n) is 3.35. The molecule has 0 aliphatic heterocycles. The Balaban J connectivity index is 2.76. The Bertz CT molecular complexity index is 271. The molecule has 1 rings (SSSR count). The number of halogens is 1. The number of hydrogen-bond acceptors (Lipinski definition) is 1. The highest BCUT2D eigenvalue weighted by molar-refractivity contribution is 6.31. The Morgan fingerprint density at radius 1 is 1.15 bits per heavy atom. The predicted octanol–water partition coefficient (Wildman–Crippen LogP) is 3.83. The normalized spacial score (nSPS) is 13.3. The molecule has 0 amide bonds. The van der Waals surface area contributed by atoms with Crippen LogP contribution in [0.3, 0.4) is 0 Å². The molecule has 0 aliphatic rings. The Morgan fingerprint density at radius 3 is 2.31 bits per heavy atom. The second-order valence-corrected chi connectivity index (χ2v) is 3.76. The van der Waals surface area contributed by atoms with Crippen molar-refractivity contribution in [2.75, 3.05) is 0 Å². The van der Waals surface area contributed by atoms with E-state index in [1.165, 1.54) is 0 Å². The summed E-state index contributed by atoms with van der Waals surface area (Å²) in [6.07, 6.45) is 0.292. The third kappa shape index (κ3) is 3.02. The van der Waals surface area contributed by atoms with E-state index in [1.807, 2.05) is 45.0 Å². The molecule has 1 atom stereocenters. The van der Waals surface area contributed by atoms with Gasteiger partial charge in [0.25, 0.3) is 0 Å². The number of hydrogen-bond donors (Lipinski definition) is 0. The Hall–Kier alpha value is -0.530. The molecule has 1 aromatic rings. The third-order valence-electron chi connectivity index (χ3n) is 1.82. The van der Waals surface area contributed by atoms with Crippen molar-refractivity contribution >= 4 is 11.6 Å². The Morgan fingerprint density at radius 2 is 1.77 bits per heavy atom. The van der Waals surface area contributed by atoms with Crippen molar-refractivity contribution < 1.29 is 4.74 Å². The van der Waals surface area contributed by atoms with Gasteiger partial charge in [-0.3, -0.25) is 0 Å². The number of benzene rings is 1. The number of rotatable bonds is 3. The third-order valence-corrected chi connectivity index (χ3v) is 2.16. The maximum absolute atomic E-state index is 6.02. The minimum Gasteiger partial charge on any atom is -0.371 e. The number of ether oxygens (including phenoxy) is 1. The van der Waals surface area contributed by atoms with Gasteiger partial charge in [-0.25, -0.2) is 0 Å². The van der Waals surface area contributed by atoms with Gasteiger partial charge in [0, 0.05) is 5.02 Å². The van der Waals surface area contributed by atoms with Gasteiger partial charge in [-0.1, -0.05) is 29.8 Å². The van der Waals surface area contributed by atoms with Gasteiger partial charge in [0.15, 0.2) is 0 Å². The average molecular weight is 199 g/mol. The average Bonchev–Trinajstić information content (AvgIpc) is 2.03. The van der Waals surface area contributed by atoms with E-state index in [0.717, 1.165) is 10.6 Å². The fourth-order valence-electron chi connectivity index (χ4n) is 1.29. The van der Waals surface area contributed by atoms with Gasteiger partial charge in [-0.15, -0.1) is 0 Å². The smallest absolute Gasteiger partial charge is 0.0814 e. The monoisotopic (exact) mass is 198 g/mol. The zero-order valence-corrected chi connectivity index (χ0v) is 9.01. The summed E-state index contributed by atoms with van der Waals surface area (Å²) in [5.41, 5.74) is 1.05. The molecule has 0 aromatic heterocycles. The molecule has 0 fully saturated rings. The second kappa shape index (κ2) is 4.64. The van der Waals surface area contributed by atoms with Crippen LogP contribution in [-0.4, -0.2) is 6.10 Å². The van der Waals surface area contributed by atoms with Gasteiger partial charge in [0.05, 0.1) is 12.2 Å². The topological polar surface area (TPSA) is 9.23 Å². The van der Waals surface area contributed by atoms with Crippen LogP contribution >= 0.6 is 11.6 Å². The molecule has 0 saturated heterocycles. The first kappa shape index (κ1) is 10.6. The van der Waals surface area contributed by atoms with Crippen LogP contribution in [0.25, 0.3) is 0 Å². The van der Waals surface area contributed by atoms with Crippen molar-refractivity contribution in [1.82, 2.24) is 0 Å². The summed E-state index contributed by atoms with van der Waals surface area (Å²) in [4.78, 5) is 0. The largest absolute Gasteiger partial charge is 0.371 e. The predicted molar refractivity (Wildman–Crippen MR) is 56.1 cm³/mol. The molecule has 0 heterocycles. The fraction of sp³-hybridized carbons (Fsp3) is 0.455. The highest BCUT2D eigenvalue weighted by atomic mass is 35.5. The van der Waals surface area contributed by atoms with Crippen LogP contribution in [0, 0.1) is 0 Å². The summed E-state index contributed by atoms with van der Waals surface area (Å²) in [6, 6.07) is 7.78. The molecule has 0 N–H and O–H groups in total. The summed E-state index contributed by atoms with van der Waals surface area (Å²) < 4.78 is 5.63. The highest BCUT2D eigenvalue weighted by Crippen LogP contribution is 2.25. The van der Waals surface area contributed by atoms with Crippen LogP contribution in [0.1, 0.15) is 32.4 Å². The molecule has 1 unspecified atom stereocenters. The van der Waals surface area contributed by atoms with E-state index < -0.39 is 0 Å². The molecule has 0 spiro atoms. The van der Waals surface area contributed by atoms with E-state index in [-0.39, 0.29) is 12.2 Å². The van der Waals surface area contributed by atoms with E-state index in [2.05, 4.69) is 0 Å². The molecule has 72 valence electrons. The minimum atomic E-state index is 0.0636. The van der Waals surface area contributed by atoms with Crippen LogP contribution < -0.4 is 0 Å². The summed E-state index contributed by atoms with van der Waals surface area (Å²) in [5.74, 6) is 0. The molecule has 0 radical (unpaired) electrons. The van der Waals surface area contributed by atoms with Gasteiger partial charge in [0.1, 0.15) is 0 Å². The van der Waals surface area contributed by atoms with Gasteiger partial charge in [0.2, 0.25) is 0 Å². The van der Waals surface area contributed by atoms with Gasteiger partial charge in [-0.2, -0.15) is 0 Å². The lowest BCUT2D eigenvalue weighted by Crippen LogP contribution is -2.07. The zero-order valence-electron chi connectivity index (χ0n) is 8.25. The molecule has 13 heavy (non-hydrogen) atoms. The van der Waals surface area contributed by atoms with Crippen LogP contribution in [-0.2, 0) is 4.74 Å². The lowest BCUT2D eigenvalue weighted by atomic mass is 10.1. The van der Waals surface area contributed by atoms with Crippen molar-refractivity contribution in [2.45, 2.75) is 33.0 Å². The van der Waals surface area contributed by atoms with Crippen LogP contribution in [0.15, 0.2) is 24.3 Å². The van der Waals surface area contributed by atoms with Crippen molar-refractivity contribution in [1.29, 1.82) is 0 Å². The molecule has 0 aliphatic carbocycles. The first-order chi connectivity index (χ1) is 6.11. The van der Waals surface area contributed by atoms with E-state index in [1.54, 1.807) is 0 Å². The quantitative estimate of drug-likeness (QED) is 0.718. The van der Waals surface area contributed by atoms with Crippen LogP contribution in [0.4, 0.5) is 0 Å². The van der Waals surface area contributed by atoms with Crippen molar-refractivity contribution in [2.24, 2.45) is 0 Å². The Labute approximate surface area is 84.7 Å². The van der Waals surface area contributed by atoms with E-state index >= 15 is 0 Å². The molecule has 0 bridgehead atoms.